The van der Waals surface area contributed by atoms with E-state index in [0.29, 0.717) is 12.4 Å². The van der Waals surface area contributed by atoms with E-state index in [4.69, 9.17) is 4.74 Å². The normalized spacial score (nSPS) is 13.4. The molecule has 25 heavy (non-hydrogen) atoms. The van der Waals surface area contributed by atoms with Crippen molar-refractivity contribution in [3.8, 4) is 0 Å². The van der Waals surface area contributed by atoms with Crippen LogP contribution in [0.15, 0.2) is 24.3 Å². The zero-order valence-corrected chi connectivity index (χ0v) is 17.5. The monoisotopic (exact) mass is 364 g/mol. The molecule has 1 rings (SSSR count). The minimum Gasteiger partial charge on any atom is -0.465 e. The smallest absolute Gasteiger partial charge is 0.319 e. The van der Waals surface area contributed by atoms with Crippen LogP contribution in [-0.2, 0) is 25.5 Å². The third-order valence-electron chi connectivity index (χ3n) is 4.03. The van der Waals surface area contributed by atoms with Crippen LogP contribution in [0.2, 0.25) is 0 Å². The van der Waals surface area contributed by atoms with Gasteiger partial charge >= 0.3 is 5.97 Å². The van der Waals surface area contributed by atoms with Crippen LogP contribution >= 0.6 is 11.8 Å². The maximum Gasteiger partial charge on any atom is 0.319 e. The molecule has 0 unspecified atom stereocenters. The van der Waals surface area contributed by atoms with E-state index in [0.717, 1.165) is 5.56 Å². The summed E-state index contributed by atoms with van der Waals surface area (Å²) in [7, 11) is 0. The second-order valence-corrected chi connectivity index (χ2v) is 9.57. The topological polar surface area (TPSA) is 43.4 Å². The van der Waals surface area contributed by atoms with E-state index in [2.05, 4.69) is 45.0 Å². The Kier molecular flexibility index (Phi) is 7.73. The maximum atomic E-state index is 12.3. The fourth-order valence-electron chi connectivity index (χ4n) is 2.22. The lowest BCUT2D eigenvalue weighted by atomic mass is 9.87. The predicted molar refractivity (Wildman–Crippen MR) is 106 cm³/mol. The number of ketones is 1. The highest BCUT2D eigenvalue weighted by Crippen LogP contribution is 2.28. The highest BCUT2D eigenvalue weighted by Gasteiger charge is 2.29. The van der Waals surface area contributed by atoms with Gasteiger partial charge in [-0.1, -0.05) is 65.8 Å². The number of thioether (sulfide) groups is 1. The van der Waals surface area contributed by atoms with Gasteiger partial charge in [0.2, 0.25) is 0 Å². The van der Waals surface area contributed by atoms with E-state index in [1.54, 1.807) is 6.92 Å². The van der Waals surface area contributed by atoms with Crippen molar-refractivity contribution in [2.45, 2.75) is 71.3 Å². The molecule has 0 aliphatic rings. The van der Waals surface area contributed by atoms with E-state index in [-0.39, 0.29) is 23.6 Å². The summed E-state index contributed by atoms with van der Waals surface area (Å²) in [4.78, 5) is 24.5. The Bertz CT molecular complexity index is 577. The first-order chi connectivity index (χ1) is 11.4. The fraction of sp³-hybridized carbons (Fsp3) is 0.619. The molecule has 0 fully saturated rings. The molecule has 1 atom stereocenters. The van der Waals surface area contributed by atoms with Gasteiger partial charge in [-0.15, -0.1) is 11.8 Å². The molecule has 0 saturated carbocycles. The Morgan fingerprint density at radius 2 is 1.60 bits per heavy atom. The second-order valence-electron chi connectivity index (χ2n) is 8.38. The molecule has 0 aromatic heterocycles. The molecule has 0 saturated heterocycles. The first-order valence-electron chi connectivity index (χ1n) is 8.86. The van der Waals surface area contributed by atoms with Crippen molar-refractivity contribution in [1.29, 1.82) is 0 Å². The molecule has 1 aromatic rings. The Balaban J connectivity index is 2.78. The summed E-state index contributed by atoms with van der Waals surface area (Å²) in [5, 5.41) is -0.450. The van der Waals surface area contributed by atoms with Crippen LogP contribution in [0.25, 0.3) is 0 Å². The molecular weight excluding hydrogens is 332 g/mol. The van der Waals surface area contributed by atoms with Crippen molar-refractivity contribution in [3.63, 3.8) is 0 Å². The summed E-state index contributed by atoms with van der Waals surface area (Å²) in [6.07, 6.45) is 0.215. The number of benzene rings is 1. The van der Waals surface area contributed by atoms with Crippen LogP contribution in [0.1, 0.15) is 66.0 Å². The van der Waals surface area contributed by atoms with Gasteiger partial charge in [0.25, 0.3) is 0 Å². The van der Waals surface area contributed by atoms with Gasteiger partial charge in [0.15, 0.2) is 0 Å². The molecule has 0 radical (unpaired) electrons. The first-order valence-corrected chi connectivity index (χ1v) is 9.91. The van der Waals surface area contributed by atoms with Crippen LogP contribution in [0.3, 0.4) is 0 Å². The number of carbonyl (C=O) groups is 2. The van der Waals surface area contributed by atoms with Gasteiger partial charge in [-0.2, -0.15) is 0 Å². The summed E-state index contributed by atoms with van der Waals surface area (Å²) in [5.41, 5.74) is 2.11. The quantitative estimate of drug-likeness (QED) is 0.627. The predicted octanol–water partition coefficient (Wildman–Crippen LogP) is 5.15. The summed E-state index contributed by atoms with van der Waals surface area (Å²) in [5.74, 6) is 0.475. The van der Waals surface area contributed by atoms with Crippen molar-refractivity contribution < 1.29 is 14.3 Å². The molecule has 0 heterocycles. The van der Waals surface area contributed by atoms with Crippen molar-refractivity contribution >= 4 is 23.5 Å². The van der Waals surface area contributed by atoms with E-state index in [9.17, 15) is 9.59 Å². The molecule has 0 N–H and O–H groups in total. The molecular formula is C21H32O3S. The standard InChI is InChI=1S/C21H32O3S/c1-8-24-19(23)17(13-18(22)21(5,6)7)25-14-15-9-11-16(12-10-15)20(2,3)4/h9-12,17H,8,13-14H2,1-7H3/t17-/m0/s1. The molecule has 0 aliphatic carbocycles. The Labute approximate surface area is 156 Å². The molecule has 0 aliphatic heterocycles. The third-order valence-corrected chi connectivity index (χ3v) is 5.29. The summed E-state index contributed by atoms with van der Waals surface area (Å²) < 4.78 is 5.16. The Morgan fingerprint density at radius 3 is 2.04 bits per heavy atom. The minimum absolute atomic E-state index is 0.0844. The van der Waals surface area contributed by atoms with Crippen LogP contribution in [0, 0.1) is 5.41 Å². The van der Waals surface area contributed by atoms with Crippen molar-refractivity contribution in [1.82, 2.24) is 0 Å². The molecule has 0 spiro atoms. The minimum atomic E-state index is -0.450. The lowest BCUT2D eigenvalue weighted by Gasteiger charge is -2.21. The zero-order valence-electron chi connectivity index (χ0n) is 16.6. The second kappa shape index (κ2) is 8.88. The Hall–Kier alpha value is -1.29. The molecule has 140 valence electrons. The van der Waals surface area contributed by atoms with Gasteiger partial charge in [0, 0.05) is 17.6 Å². The van der Waals surface area contributed by atoms with E-state index in [1.807, 2.05) is 20.8 Å². The maximum absolute atomic E-state index is 12.3. The highest BCUT2D eigenvalue weighted by atomic mass is 32.2. The van der Waals surface area contributed by atoms with Crippen LogP contribution in [-0.4, -0.2) is 23.6 Å². The SMILES string of the molecule is CCOC(=O)[C@H](CC(=O)C(C)(C)C)SCc1ccc(C(C)(C)C)cc1. The molecule has 0 amide bonds. The number of ether oxygens (including phenoxy) is 1. The molecule has 1 aromatic carbocycles. The van der Waals surface area contributed by atoms with Gasteiger partial charge in [0.1, 0.15) is 11.0 Å². The van der Waals surface area contributed by atoms with Crippen molar-refractivity contribution in [2.24, 2.45) is 5.41 Å². The number of esters is 1. The summed E-state index contributed by atoms with van der Waals surface area (Å²) in [6, 6.07) is 8.47. The zero-order chi connectivity index (χ0) is 19.3. The third kappa shape index (κ3) is 7.23. The summed E-state index contributed by atoms with van der Waals surface area (Å²) >= 11 is 1.49. The summed E-state index contributed by atoms with van der Waals surface area (Å²) in [6.45, 7) is 14.3. The fourth-order valence-corrected chi connectivity index (χ4v) is 3.28. The average Bonchev–Trinajstić information content (AvgIpc) is 2.49. The van der Waals surface area contributed by atoms with Crippen molar-refractivity contribution in [3.05, 3.63) is 35.4 Å². The lowest BCUT2D eigenvalue weighted by molar-refractivity contribution is -0.144. The average molecular weight is 365 g/mol. The Morgan fingerprint density at radius 1 is 1.04 bits per heavy atom. The van der Waals surface area contributed by atoms with Crippen LogP contribution in [0.4, 0.5) is 0 Å². The van der Waals surface area contributed by atoms with E-state index >= 15 is 0 Å². The van der Waals surface area contributed by atoms with Gasteiger partial charge < -0.3 is 4.74 Å². The number of hydrogen-bond acceptors (Lipinski definition) is 4. The van der Waals surface area contributed by atoms with E-state index in [1.165, 1.54) is 17.3 Å². The van der Waals surface area contributed by atoms with Crippen molar-refractivity contribution in [2.75, 3.05) is 6.61 Å². The molecule has 0 bridgehead atoms. The largest absolute Gasteiger partial charge is 0.465 e. The van der Waals surface area contributed by atoms with E-state index < -0.39 is 10.7 Å². The van der Waals surface area contributed by atoms with Gasteiger partial charge in [-0.3, -0.25) is 9.59 Å². The molecule has 3 nitrogen and oxygen atoms in total. The van der Waals surface area contributed by atoms with Crippen LogP contribution in [0.5, 0.6) is 0 Å². The first kappa shape index (κ1) is 21.8. The number of hydrogen-bond donors (Lipinski definition) is 0. The van der Waals surface area contributed by atoms with Crippen LogP contribution < -0.4 is 0 Å². The highest BCUT2D eigenvalue weighted by molar-refractivity contribution is 7.99. The van der Waals surface area contributed by atoms with Gasteiger partial charge in [-0.25, -0.2) is 0 Å². The number of carbonyl (C=O) groups excluding carboxylic acids is 2. The number of rotatable bonds is 7. The molecule has 4 heteroatoms. The van der Waals surface area contributed by atoms with Gasteiger partial charge in [-0.05, 0) is 23.5 Å². The lowest BCUT2D eigenvalue weighted by Crippen LogP contribution is -2.29. The number of Topliss-reactive ketones (excluding diaryl/α,β-unsaturated/α-hetero) is 1. The van der Waals surface area contributed by atoms with Gasteiger partial charge in [0.05, 0.1) is 6.61 Å².